The Morgan fingerprint density at radius 3 is 2.60 bits per heavy atom. The van der Waals surface area contributed by atoms with E-state index in [4.69, 9.17) is 14.2 Å². The monoisotopic (exact) mass is 604 g/mol. The largest absolute Gasteiger partial charge is 0.493 e. The minimum atomic E-state index is -0.269. The third kappa shape index (κ3) is 7.05. The molecule has 6 rings (SSSR count). The topological polar surface area (TPSA) is 103 Å². The van der Waals surface area contributed by atoms with Gasteiger partial charge in [0.25, 0.3) is 0 Å². The zero-order valence-corrected chi connectivity index (χ0v) is 25.5. The molecule has 1 fully saturated rings. The number of ether oxygens (including phenoxy) is 3. The molecule has 2 aliphatic rings. The fraction of sp³-hybridized carbons (Fsp3) is 0.278. The number of nitrogens with zero attached hydrogens (tertiary/aromatic N) is 3. The molecule has 0 spiro atoms. The first-order chi connectivity index (χ1) is 22.0. The van der Waals surface area contributed by atoms with E-state index in [1.54, 1.807) is 13.2 Å². The number of hydrogen-bond acceptors (Lipinski definition) is 9. The van der Waals surface area contributed by atoms with Gasteiger partial charge < -0.3 is 24.4 Å². The highest BCUT2D eigenvalue weighted by Crippen LogP contribution is 2.37. The number of carbonyl (C=O) groups excluding carboxylic acids is 2. The van der Waals surface area contributed by atoms with E-state index >= 15 is 0 Å². The summed E-state index contributed by atoms with van der Waals surface area (Å²) in [5.41, 5.74) is 4.24. The minimum Gasteiger partial charge on any atom is -0.493 e. The normalized spacial score (nSPS) is 14.9. The van der Waals surface area contributed by atoms with Gasteiger partial charge in [-0.3, -0.25) is 9.59 Å². The van der Waals surface area contributed by atoms with Crippen LogP contribution in [0.3, 0.4) is 0 Å². The molecule has 4 aromatic rings. The number of rotatable bonds is 12. The predicted octanol–water partition coefficient (Wildman–Crippen LogP) is 6.23. The molecule has 0 radical (unpaired) electrons. The SMILES string of the molecule is COc1cc2c(Nc3ccc(OCc4ccccc4C)cc3C3=CC(=O)C=CC3=O)ncnc2cc1OCCCN1CCCC1. The third-order valence-electron chi connectivity index (χ3n) is 8.14. The number of carbonyl (C=O) groups is 2. The lowest BCUT2D eigenvalue weighted by molar-refractivity contribution is -0.113. The molecule has 2 heterocycles. The highest BCUT2D eigenvalue weighted by Gasteiger charge is 2.21. The second-order valence-electron chi connectivity index (χ2n) is 11.2. The molecule has 9 nitrogen and oxygen atoms in total. The molecule has 0 atom stereocenters. The Labute approximate surface area is 262 Å². The number of likely N-dealkylation sites (tertiary alicyclic amines) is 1. The van der Waals surface area contributed by atoms with Gasteiger partial charge in [-0.15, -0.1) is 0 Å². The van der Waals surface area contributed by atoms with E-state index in [0.717, 1.165) is 37.2 Å². The number of anilines is 2. The maximum atomic E-state index is 13.0. The summed E-state index contributed by atoms with van der Waals surface area (Å²) in [4.78, 5) is 36.7. The van der Waals surface area contributed by atoms with Gasteiger partial charge in [-0.1, -0.05) is 24.3 Å². The summed E-state index contributed by atoms with van der Waals surface area (Å²) in [6, 6.07) is 17.1. The van der Waals surface area contributed by atoms with Crippen LogP contribution in [0.1, 0.15) is 36.0 Å². The zero-order chi connectivity index (χ0) is 31.2. The Morgan fingerprint density at radius 1 is 0.933 bits per heavy atom. The molecule has 0 amide bonds. The quantitative estimate of drug-likeness (QED) is 0.149. The standard InChI is InChI=1S/C36H36N4O5/c1-24-8-3-4-9-25(24)22-45-27-11-12-31(28(19-27)29-18-26(41)10-13-33(29)42)39-36-30-20-34(43-2)35(21-32(30)37-23-38-36)44-17-7-16-40-14-5-6-15-40/h3-4,8-13,18-21,23H,5-7,14-17,22H2,1-2H3,(H,37,38,39). The van der Waals surface area contributed by atoms with Crippen LogP contribution in [0, 0.1) is 6.92 Å². The molecule has 9 heteroatoms. The van der Waals surface area contributed by atoms with E-state index in [9.17, 15) is 9.59 Å². The Kier molecular flexibility index (Phi) is 9.17. The molecule has 1 N–H and O–H groups in total. The van der Waals surface area contributed by atoms with Gasteiger partial charge in [-0.2, -0.15) is 0 Å². The van der Waals surface area contributed by atoms with E-state index < -0.39 is 0 Å². The van der Waals surface area contributed by atoms with Gasteiger partial charge in [0.1, 0.15) is 24.5 Å². The highest BCUT2D eigenvalue weighted by atomic mass is 16.5. The van der Waals surface area contributed by atoms with E-state index in [1.165, 1.54) is 37.4 Å². The summed E-state index contributed by atoms with van der Waals surface area (Å²) < 4.78 is 17.9. The number of ketones is 2. The third-order valence-corrected chi connectivity index (χ3v) is 8.14. The molecule has 1 aliphatic heterocycles. The van der Waals surface area contributed by atoms with Crippen molar-refractivity contribution in [3.63, 3.8) is 0 Å². The summed E-state index contributed by atoms with van der Waals surface area (Å²) in [7, 11) is 1.61. The first-order valence-electron chi connectivity index (χ1n) is 15.2. The number of benzene rings is 3. The summed E-state index contributed by atoms with van der Waals surface area (Å²) in [6.45, 7) is 6.32. The molecule has 45 heavy (non-hydrogen) atoms. The molecule has 1 aliphatic carbocycles. The first kappa shape index (κ1) is 30.0. The smallest absolute Gasteiger partial charge is 0.186 e. The van der Waals surface area contributed by atoms with Crippen molar-refractivity contribution in [1.82, 2.24) is 14.9 Å². The molecular formula is C36H36N4O5. The van der Waals surface area contributed by atoms with Gasteiger partial charge in [-0.25, -0.2) is 9.97 Å². The van der Waals surface area contributed by atoms with Crippen LogP contribution in [-0.2, 0) is 16.2 Å². The van der Waals surface area contributed by atoms with Crippen LogP contribution in [0.15, 0.2) is 79.2 Å². The summed E-state index contributed by atoms with van der Waals surface area (Å²) in [6.07, 6.45) is 8.86. The summed E-state index contributed by atoms with van der Waals surface area (Å²) in [5.74, 6) is 1.74. The second-order valence-corrected chi connectivity index (χ2v) is 11.2. The fourth-order valence-electron chi connectivity index (χ4n) is 5.64. The number of allylic oxidation sites excluding steroid dienone is 4. The fourth-order valence-corrected chi connectivity index (χ4v) is 5.64. The van der Waals surface area contributed by atoms with E-state index in [-0.39, 0.29) is 17.1 Å². The first-order valence-corrected chi connectivity index (χ1v) is 15.2. The maximum Gasteiger partial charge on any atom is 0.186 e. The number of nitrogens with one attached hydrogen (secondary N) is 1. The van der Waals surface area contributed by atoms with E-state index in [0.29, 0.717) is 58.4 Å². The summed E-state index contributed by atoms with van der Waals surface area (Å²) in [5, 5.41) is 4.09. The molecular weight excluding hydrogens is 568 g/mol. The Balaban J connectivity index is 1.28. The van der Waals surface area contributed by atoms with Gasteiger partial charge in [0.2, 0.25) is 0 Å². The van der Waals surface area contributed by atoms with Gasteiger partial charge in [0.05, 0.1) is 19.2 Å². The van der Waals surface area contributed by atoms with Crippen molar-refractivity contribution < 1.29 is 23.8 Å². The number of aromatic nitrogens is 2. The van der Waals surface area contributed by atoms with Crippen molar-refractivity contribution in [3.8, 4) is 17.2 Å². The zero-order valence-electron chi connectivity index (χ0n) is 25.5. The molecule has 0 unspecified atom stereocenters. The van der Waals surface area contributed by atoms with Gasteiger partial charge in [0, 0.05) is 34.8 Å². The average molecular weight is 605 g/mol. The van der Waals surface area contributed by atoms with Crippen LogP contribution in [-0.4, -0.2) is 59.8 Å². The lowest BCUT2D eigenvalue weighted by atomic mass is 9.94. The van der Waals surface area contributed by atoms with Crippen molar-refractivity contribution >= 4 is 39.5 Å². The minimum absolute atomic E-state index is 0.257. The Hall–Kier alpha value is -5.02. The molecule has 0 saturated carbocycles. The Morgan fingerprint density at radius 2 is 1.78 bits per heavy atom. The van der Waals surface area contributed by atoms with E-state index in [2.05, 4.69) is 20.2 Å². The number of aryl methyl sites for hydroxylation is 1. The highest BCUT2D eigenvalue weighted by molar-refractivity contribution is 6.34. The van der Waals surface area contributed by atoms with Crippen LogP contribution in [0.2, 0.25) is 0 Å². The van der Waals surface area contributed by atoms with Gasteiger partial charge in [0.15, 0.2) is 23.1 Å². The lowest BCUT2D eigenvalue weighted by Gasteiger charge is -2.18. The lowest BCUT2D eigenvalue weighted by Crippen LogP contribution is -2.21. The number of methoxy groups -OCH3 is 1. The average Bonchev–Trinajstić information content (AvgIpc) is 3.58. The van der Waals surface area contributed by atoms with Gasteiger partial charge in [-0.05, 0) is 92.9 Å². The van der Waals surface area contributed by atoms with Crippen molar-refractivity contribution in [2.24, 2.45) is 0 Å². The van der Waals surface area contributed by atoms with Crippen LogP contribution in [0.25, 0.3) is 16.5 Å². The number of fused-ring (bicyclic) bond motifs is 1. The maximum absolute atomic E-state index is 13.0. The van der Waals surface area contributed by atoms with Crippen LogP contribution >= 0.6 is 0 Å². The molecule has 1 aromatic heterocycles. The van der Waals surface area contributed by atoms with Crippen molar-refractivity contribution in [2.75, 3.05) is 38.7 Å². The summed E-state index contributed by atoms with van der Waals surface area (Å²) >= 11 is 0. The predicted molar refractivity (Wildman–Crippen MR) is 174 cm³/mol. The molecule has 0 bridgehead atoms. The van der Waals surface area contributed by atoms with Gasteiger partial charge >= 0.3 is 0 Å². The van der Waals surface area contributed by atoms with Crippen molar-refractivity contribution in [1.29, 1.82) is 0 Å². The Bertz CT molecular complexity index is 1790. The van der Waals surface area contributed by atoms with Crippen LogP contribution in [0.4, 0.5) is 11.5 Å². The molecule has 1 saturated heterocycles. The van der Waals surface area contributed by atoms with Crippen molar-refractivity contribution in [3.05, 3.63) is 95.8 Å². The molecule has 3 aromatic carbocycles. The second kappa shape index (κ2) is 13.7. The van der Waals surface area contributed by atoms with Crippen molar-refractivity contribution in [2.45, 2.75) is 32.8 Å². The van der Waals surface area contributed by atoms with Crippen LogP contribution in [0.5, 0.6) is 17.2 Å². The molecule has 230 valence electrons. The van der Waals surface area contributed by atoms with Crippen LogP contribution < -0.4 is 19.5 Å². The number of hydrogen-bond donors (Lipinski definition) is 1. The van der Waals surface area contributed by atoms with E-state index in [1.807, 2.05) is 55.5 Å².